The third-order valence-corrected chi connectivity index (χ3v) is 3.01. The normalized spacial score (nSPS) is 10.4. The van der Waals surface area contributed by atoms with Crippen LogP contribution in [0.3, 0.4) is 0 Å². The van der Waals surface area contributed by atoms with Crippen LogP contribution >= 0.6 is 23.1 Å². The molecule has 7 nitrogen and oxygen atoms in total. The molecule has 2 heterocycles. The number of nitro groups is 1. The Morgan fingerprint density at radius 3 is 2.94 bits per heavy atom. The molecule has 0 aromatic carbocycles. The van der Waals surface area contributed by atoms with Crippen LogP contribution in [-0.2, 0) is 6.54 Å². The molecule has 0 saturated heterocycles. The lowest BCUT2D eigenvalue weighted by molar-refractivity contribution is -0.386. The first kappa shape index (κ1) is 11.7. The predicted molar refractivity (Wildman–Crippen MR) is 61.4 cm³/mol. The van der Waals surface area contributed by atoms with E-state index in [0.717, 1.165) is 17.6 Å². The van der Waals surface area contributed by atoms with E-state index in [1.54, 1.807) is 0 Å². The fraction of sp³-hybridized carbons (Fsp3) is 0.125. The molecule has 9 heteroatoms. The van der Waals surface area contributed by atoms with E-state index in [4.69, 9.17) is 11.6 Å². The van der Waals surface area contributed by atoms with Crippen LogP contribution in [-0.4, -0.2) is 19.1 Å². The second-order valence-electron chi connectivity index (χ2n) is 3.08. The summed E-state index contributed by atoms with van der Waals surface area (Å²) < 4.78 is 5.15. The predicted octanol–water partition coefficient (Wildman–Crippen LogP) is 1.31. The van der Waals surface area contributed by atoms with Crippen LogP contribution in [0.1, 0.15) is 5.69 Å². The zero-order valence-corrected chi connectivity index (χ0v) is 9.81. The van der Waals surface area contributed by atoms with Gasteiger partial charge in [-0.05, 0) is 6.07 Å². The highest BCUT2D eigenvalue weighted by atomic mass is 35.5. The highest BCUT2D eigenvalue weighted by molar-refractivity contribution is 7.10. The van der Waals surface area contributed by atoms with Gasteiger partial charge >= 0.3 is 11.2 Å². The number of halogens is 1. The van der Waals surface area contributed by atoms with E-state index in [-0.39, 0.29) is 6.54 Å². The molecule has 0 fully saturated rings. The van der Waals surface area contributed by atoms with Crippen molar-refractivity contribution >= 4 is 28.8 Å². The summed E-state index contributed by atoms with van der Waals surface area (Å²) in [6, 6.07) is 2.58. The van der Waals surface area contributed by atoms with Gasteiger partial charge in [0.2, 0.25) is 0 Å². The van der Waals surface area contributed by atoms with Gasteiger partial charge in [0.25, 0.3) is 0 Å². The molecule has 0 amide bonds. The standard InChI is InChI=1S/C8H5ClN4O3S/c9-7-5(10-11-17-7)4-12-3-1-2-6(8(12)14)13(15)16/h1-3H,4H2. The first-order chi connectivity index (χ1) is 8.09. The van der Waals surface area contributed by atoms with E-state index in [9.17, 15) is 14.9 Å². The van der Waals surface area contributed by atoms with E-state index < -0.39 is 16.2 Å². The summed E-state index contributed by atoms with van der Waals surface area (Å²) >= 11 is 6.78. The van der Waals surface area contributed by atoms with Crippen molar-refractivity contribution in [3.63, 3.8) is 0 Å². The first-order valence-electron chi connectivity index (χ1n) is 4.40. The fourth-order valence-electron chi connectivity index (χ4n) is 1.24. The third-order valence-electron chi connectivity index (χ3n) is 2.03. The Bertz CT molecular complexity index is 623. The summed E-state index contributed by atoms with van der Waals surface area (Å²) in [5.74, 6) is 0. The average molecular weight is 273 g/mol. The van der Waals surface area contributed by atoms with Gasteiger partial charge in [-0.1, -0.05) is 16.1 Å². The molecule has 0 bridgehead atoms. The molecule has 0 radical (unpaired) electrons. The van der Waals surface area contributed by atoms with Gasteiger partial charge in [-0.2, -0.15) is 0 Å². The largest absolute Gasteiger partial charge is 0.334 e. The SMILES string of the molecule is O=c1c([N+](=O)[O-])cccn1Cc1nnsc1Cl. The molecule has 2 rings (SSSR count). The van der Waals surface area contributed by atoms with Gasteiger partial charge in [0.05, 0.1) is 11.5 Å². The van der Waals surface area contributed by atoms with Crippen LogP contribution in [0.25, 0.3) is 0 Å². The van der Waals surface area contributed by atoms with Gasteiger partial charge in [0, 0.05) is 23.8 Å². The van der Waals surface area contributed by atoms with Crippen LogP contribution in [0.4, 0.5) is 5.69 Å². The molecular weight excluding hydrogens is 268 g/mol. The lowest BCUT2D eigenvalue weighted by Crippen LogP contribution is -2.22. The minimum atomic E-state index is -0.722. The number of nitrogens with zero attached hydrogens (tertiary/aromatic N) is 4. The van der Waals surface area contributed by atoms with Crippen molar-refractivity contribution in [1.82, 2.24) is 14.2 Å². The Hall–Kier alpha value is -1.80. The van der Waals surface area contributed by atoms with Crippen molar-refractivity contribution < 1.29 is 4.92 Å². The molecule has 0 unspecified atom stereocenters. The number of pyridine rings is 1. The molecule has 0 aliphatic rings. The van der Waals surface area contributed by atoms with Crippen LogP contribution < -0.4 is 5.56 Å². The summed E-state index contributed by atoms with van der Waals surface area (Å²) in [6.45, 7) is 0.0653. The minimum Gasteiger partial charge on any atom is -0.303 e. The Labute approximate surface area is 104 Å². The minimum absolute atomic E-state index is 0.0653. The van der Waals surface area contributed by atoms with Crippen molar-refractivity contribution in [3.8, 4) is 0 Å². The van der Waals surface area contributed by atoms with E-state index in [1.807, 2.05) is 0 Å². The molecule has 0 N–H and O–H groups in total. The third kappa shape index (κ3) is 2.32. The lowest BCUT2D eigenvalue weighted by Gasteiger charge is -2.02. The maximum atomic E-state index is 11.7. The first-order valence-corrected chi connectivity index (χ1v) is 5.55. The molecular formula is C8H5ClN4O3S. The second kappa shape index (κ2) is 4.60. The van der Waals surface area contributed by atoms with Gasteiger partial charge in [-0.25, -0.2) is 0 Å². The van der Waals surface area contributed by atoms with E-state index in [0.29, 0.717) is 10.0 Å². The van der Waals surface area contributed by atoms with Crippen LogP contribution in [0.2, 0.25) is 4.34 Å². The fourth-order valence-corrected chi connectivity index (χ4v) is 1.85. The monoisotopic (exact) mass is 272 g/mol. The Kier molecular flexibility index (Phi) is 3.16. The summed E-state index contributed by atoms with van der Waals surface area (Å²) in [4.78, 5) is 21.5. The van der Waals surface area contributed by atoms with Crippen molar-refractivity contribution in [1.29, 1.82) is 0 Å². The summed E-state index contributed by atoms with van der Waals surface area (Å²) in [7, 11) is 0. The molecule has 2 aromatic heterocycles. The summed E-state index contributed by atoms with van der Waals surface area (Å²) in [5.41, 5.74) is -0.757. The number of rotatable bonds is 3. The van der Waals surface area contributed by atoms with Crippen molar-refractivity contribution in [3.05, 3.63) is 48.8 Å². The molecule has 88 valence electrons. The molecule has 0 aliphatic carbocycles. The molecule has 0 spiro atoms. The molecule has 0 aliphatic heterocycles. The van der Waals surface area contributed by atoms with Crippen LogP contribution in [0.5, 0.6) is 0 Å². The maximum Gasteiger partial charge on any atom is 0.334 e. The van der Waals surface area contributed by atoms with Gasteiger partial charge in [-0.15, -0.1) is 5.10 Å². The number of hydrogen-bond donors (Lipinski definition) is 0. The average Bonchev–Trinajstić information content (AvgIpc) is 2.67. The lowest BCUT2D eigenvalue weighted by atomic mass is 10.4. The number of aromatic nitrogens is 3. The molecule has 17 heavy (non-hydrogen) atoms. The summed E-state index contributed by atoms with van der Waals surface area (Å²) in [5, 5.41) is 14.3. The van der Waals surface area contributed by atoms with Gasteiger partial charge in [-0.3, -0.25) is 14.9 Å². The van der Waals surface area contributed by atoms with Crippen molar-refractivity contribution in [2.75, 3.05) is 0 Å². The second-order valence-corrected chi connectivity index (χ2v) is 4.43. The quantitative estimate of drug-likeness (QED) is 0.620. The molecule has 0 saturated carbocycles. The molecule has 2 aromatic rings. The topological polar surface area (TPSA) is 90.9 Å². The Morgan fingerprint density at radius 2 is 2.35 bits per heavy atom. The number of hydrogen-bond acceptors (Lipinski definition) is 6. The van der Waals surface area contributed by atoms with E-state index in [1.165, 1.54) is 16.8 Å². The summed E-state index contributed by atoms with van der Waals surface area (Å²) in [6.07, 6.45) is 1.44. The highest BCUT2D eigenvalue weighted by Crippen LogP contribution is 2.17. The highest BCUT2D eigenvalue weighted by Gasteiger charge is 2.15. The van der Waals surface area contributed by atoms with E-state index in [2.05, 4.69) is 9.59 Å². The zero-order valence-electron chi connectivity index (χ0n) is 8.24. The van der Waals surface area contributed by atoms with Crippen LogP contribution in [0.15, 0.2) is 23.1 Å². The van der Waals surface area contributed by atoms with E-state index >= 15 is 0 Å². The Balaban J connectivity index is 2.41. The van der Waals surface area contributed by atoms with Gasteiger partial charge < -0.3 is 4.57 Å². The van der Waals surface area contributed by atoms with Gasteiger partial charge in [0.15, 0.2) is 0 Å². The van der Waals surface area contributed by atoms with Crippen molar-refractivity contribution in [2.45, 2.75) is 6.54 Å². The zero-order chi connectivity index (χ0) is 12.4. The smallest absolute Gasteiger partial charge is 0.303 e. The maximum absolute atomic E-state index is 11.7. The van der Waals surface area contributed by atoms with Crippen LogP contribution in [0, 0.1) is 10.1 Å². The Morgan fingerprint density at radius 1 is 1.59 bits per heavy atom. The van der Waals surface area contributed by atoms with Gasteiger partial charge in [0.1, 0.15) is 10.0 Å². The molecule has 0 atom stereocenters. The van der Waals surface area contributed by atoms with Crippen molar-refractivity contribution in [2.24, 2.45) is 0 Å².